The van der Waals surface area contributed by atoms with Crippen molar-refractivity contribution in [3.8, 4) is 0 Å². The first kappa shape index (κ1) is 16.0. The lowest BCUT2D eigenvalue weighted by Crippen LogP contribution is -2.54. The quantitative estimate of drug-likeness (QED) is 0.769. The lowest BCUT2D eigenvalue weighted by molar-refractivity contribution is 0.0783. The minimum atomic E-state index is -0.363. The van der Waals surface area contributed by atoms with E-state index in [1.165, 1.54) is 0 Å². The summed E-state index contributed by atoms with van der Waals surface area (Å²) in [4.78, 5) is 16.0. The molecule has 0 aliphatic carbocycles. The standard InChI is InChI=1S/C16H25N5O3/c22-14-12-24-11-13(14)19-3-5-21(6-4-19)16-17-2-1-15(18-16)20-7-9-23-10-8-20/h1-2,13-14,22H,3-12H2. The number of hydrogen-bond acceptors (Lipinski definition) is 8. The predicted molar refractivity (Wildman–Crippen MR) is 89.5 cm³/mol. The molecule has 4 heterocycles. The van der Waals surface area contributed by atoms with Gasteiger partial charge in [0.2, 0.25) is 5.95 Å². The average molecular weight is 335 g/mol. The highest BCUT2D eigenvalue weighted by atomic mass is 16.5. The van der Waals surface area contributed by atoms with Crippen LogP contribution in [0, 0.1) is 0 Å². The Morgan fingerprint density at radius 2 is 1.75 bits per heavy atom. The summed E-state index contributed by atoms with van der Waals surface area (Å²) in [6.07, 6.45) is 1.48. The van der Waals surface area contributed by atoms with E-state index in [9.17, 15) is 5.11 Å². The lowest BCUT2D eigenvalue weighted by Gasteiger charge is -2.38. The van der Waals surface area contributed by atoms with E-state index in [0.717, 1.165) is 64.2 Å². The molecule has 4 rings (SSSR count). The third-order valence-electron chi connectivity index (χ3n) is 5.05. The normalized spacial score (nSPS) is 29.2. The van der Waals surface area contributed by atoms with Crippen molar-refractivity contribution in [1.82, 2.24) is 14.9 Å². The van der Waals surface area contributed by atoms with Gasteiger partial charge in [0.25, 0.3) is 0 Å². The maximum absolute atomic E-state index is 9.98. The average Bonchev–Trinajstić information content (AvgIpc) is 3.09. The molecular weight excluding hydrogens is 310 g/mol. The molecule has 3 fully saturated rings. The number of aliphatic hydroxyl groups excluding tert-OH is 1. The summed E-state index contributed by atoms with van der Waals surface area (Å²) in [7, 11) is 0. The monoisotopic (exact) mass is 335 g/mol. The molecule has 132 valence electrons. The highest BCUT2D eigenvalue weighted by Gasteiger charge is 2.33. The summed E-state index contributed by atoms with van der Waals surface area (Å²) in [5.74, 6) is 1.77. The second-order valence-corrected chi connectivity index (χ2v) is 6.51. The van der Waals surface area contributed by atoms with Gasteiger partial charge in [-0.05, 0) is 6.07 Å². The zero-order valence-corrected chi connectivity index (χ0v) is 13.9. The van der Waals surface area contributed by atoms with Crippen molar-refractivity contribution in [3.05, 3.63) is 12.3 Å². The Kier molecular flexibility index (Phi) is 4.79. The van der Waals surface area contributed by atoms with Crippen molar-refractivity contribution < 1.29 is 14.6 Å². The zero-order chi connectivity index (χ0) is 16.4. The number of aliphatic hydroxyl groups is 1. The predicted octanol–water partition coefficient (Wildman–Crippen LogP) is -0.805. The zero-order valence-electron chi connectivity index (χ0n) is 13.9. The Hall–Kier alpha value is -1.48. The Bertz CT molecular complexity index is 546. The number of nitrogens with zero attached hydrogens (tertiary/aromatic N) is 5. The van der Waals surface area contributed by atoms with E-state index >= 15 is 0 Å². The minimum Gasteiger partial charge on any atom is -0.389 e. The molecule has 0 bridgehead atoms. The highest BCUT2D eigenvalue weighted by Crippen LogP contribution is 2.20. The molecule has 0 amide bonds. The third kappa shape index (κ3) is 3.32. The molecule has 1 aromatic rings. The fourth-order valence-electron chi connectivity index (χ4n) is 3.59. The van der Waals surface area contributed by atoms with Gasteiger partial charge in [-0.25, -0.2) is 4.98 Å². The molecule has 2 atom stereocenters. The molecular formula is C16H25N5O3. The number of anilines is 2. The van der Waals surface area contributed by atoms with Crippen LogP contribution in [0.25, 0.3) is 0 Å². The molecule has 3 saturated heterocycles. The number of hydrogen-bond donors (Lipinski definition) is 1. The first-order valence-corrected chi connectivity index (χ1v) is 8.72. The van der Waals surface area contributed by atoms with Crippen molar-refractivity contribution in [3.63, 3.8) is 0 Å². The van der Waals surface area contributed by atoms with Gasteiger partial charge >= 0.3 is 0 Å². The molecule has 8 nitrogen and oxygen atoms in total. The summed E-state index contributed by atoms with van der Waals surface area (Å²) in [6, 6.07) is 2.10. The number of rotatable bonds is 3. The highest BCUT2D eigenvalue weighted by molar-refractivity contribution is 5.44. The van der Waals surface area contributed by atoms with E-state index < -0.39 is 0 Å². The molecule has 0 radical (unpaired) electrons. The van der Waals surface area contributed by atoms with Crippen molar-refractivity contribution >= 4 is 11.8 Å². The molecule has 3 aliphatic heterocycles. The first-order valence-electron chi connectivity index (χ1n) is 8.72. The fourth-order valence-corrected chi connectivity index (χ4v) is 3.59. The van der Waals surface area contributed by atoms with Crippen LogP contribution in [0.3, 0.4) is 0 Å². The molecule has 2 unspecified atom stereocenters. The molecule has 1 aromatic heterocycles. The lowest BCUT2D eigenvalue weighted by atomic mass is 10.1. The Morgan fingerprint density at radius 3 is 2.46 bits per heavy atom. The van der Waals surface area contributed by atoms with Gasteiger partial charge in [-0.1, -0.05) is 0 Å². The van der Waals surface area contributed by atoms with E-state index in [1.807, 2.05) is 12.3 Å². The Labute approximate surface area is 142 Å². The summed E-state index contributed by atoms with van der Waals surface area (Å²) in [6.45, 7) is 7.89. The summed E-state index contributed by atoms with van der Waals surface area (Å²) in [5.41, 5.74) is 0. The third-order valence-corrected chi connectivity index (χ3v) is 5.05. The smallest absolute Gasteiger partial charge is 0.227 e. The second-order valence-electron chi connectivity index (χ2n) is 6.51. The summed E-state index contributed by atoms with van der Waals surface area (Å²) in [5, 5.41) is 9.98. The van der Waals surface area contributed by atoms with Gasteiger partial charge in [0.15, 0.2) is 0 Å². The first-order chi connectivity index (χ1) is 11.8. The van der Waals surface area contributed by atoms with Crippen LogP contribution >= 0.6 is 0 Å². The summed E-state index contributed by atoms with van der Waals surface area (Å²) >= 11 is 0. The molecule has 3 aliphatic rings. The van der Waals surface area contributed by atoms with Crippen molar-refractivity contribution in [2.45, 2.75) is 12.1 Å². The SMILES string of the molecule is OC1COCC1N1CCN(c2nccc(N3CCOCC3)n2)CC1. The molecule has 24 heavy (non-hydrogen) atoms. The van der Waals surface area contributed by atoms with Gasteiger partial charge in [0.1, 0.15) is 5.82 Å². The maximum Gasteiger partial charge on any atom is 0.227 e. The van der Waals surface area contributed by atoms with Crippen LogP contribution < -0.4 is 9.80 Å². The van der Waals surface area contributed by atoms with E-state index in [0.29, 0.717) is 13.2 Å². The van der Waals surface area contributed by atoms with E-state index in [1.54, 1.807) is 0 Å². The molecule has 1 N–H and O–H groups in total. The van der Waals surface area contributed by atoms with Crippen molar-refractivity contribution in [1.29, 1.82) is 0 Å². The van der Waals surface area contributed by atoms with Gasteiger partial charge in [-0.15, -0.1) is 0 Å². The molecule has 0 saturated carbocycles. The molecule has 0 spiro atoms. The molecule has 8 heteroatoms. The molecule has 0 aromatic carbocycles. The van der Waals surface area contributed by atoms with Crippen LogP contribution in [0.4, 0.5) is 11.8 Å². The van der Waals surface area contributed by atoms with Gasteiger partial charge in [-0.3, -0.25) is 4.90 Å². The van der Waals surface area contributed by atoms with Crippen molar-refractivity contribution in [2.75, 3.05) is 75.5 Å². The van der Waals surface area contributed by atoms with E-state index in [2.05, 4.69) is 19.7 Å². The van der Waals surface area contributed by atoms with Gasteiger partial charge in [0, 0.05) is 45.5 Å². The van der Waals surface area contributed by atoms with E-state index in [-0.39, 0.29) is 12.1 Å². The van der Waals surface area contributed by atoms with Crippen LogP contribution in [0.1, 0.15) is 0 Å². The fraction of sp³-hybridized carbons (Fsp3) is 0.750. The largest absolute Gasteiger partial charge is 0.389 e. The number of ether oxygens (including phenoxy) is 2. The topological polar surface area (TPSA) is 74.2 Å². The van der Waals surface area contributed by atoms with Crippen molar-refractivity contribution in [2.24, 2.45) is 0 Å². The summed E-state index contributed by atoms with van der Waals surface area (Å²) < 4.78 is 10.8. The van der Waals surface area contributed by atoms with Crippen LogP contribution in [0.2, 0.25) is 0 Å². The van der Waals surface area contributed by atoms with Crippen LogP contribution in [-0.4, -0.2) is 97.8 Å². The van der Waals surface area contributed by atoms with Gasteiger partial charge in [0.05, 0.1) is 38.6 Å². The van der Waals surface area contributed by atoms with Crippen LogP contribution in [-0.2, 0) is 9.47 Å². The number of aromatic nitrogens is 2. The minimum absolute atomic E-state index is 0.132. The van der Waals surface area contributed by atoms with Crippen LogP contribution in [0.5, 0.6) is 0 Å². The van der Waals surface area contributed by atoms with E-state index in [4.69, 9.17) is 14.5 Å². The Morgan fingerprint density at radius 1 is 0.958 bits per heavy atom. The van der Waals surface area contributed by atoms with Crippen LogP contribution in [0.15, 0.2) is 12.3 Å². The Balaban J connectivity index is 1.38. The number of piperazine rings is 1. The second kappa shape index (κ2) is 7.18. The number of morpholine rings is 1. The maximum atomic E-state index is 9.98. The van der Waals surface area contributed by atoms with Gasteiger partial charge < -0.3 is 24.4 Å². The van der Waals surface area contributed by atoms with Gasteiger partial charge in [-0.2, -0.15) is 4.98 Å².